The molecule has 1 N–H and O–H groups in total. The molecule has 0 saturated carbocycles. The number of nitrogens with zero attached hydrogens (tertiary/aromatic N) is 2. The Balaban J connectivity index is 1.95. The van der Waals surface area contributed by atoms with Crippen LogP contribution >= 0.6 is 11.3 Å². The van der Waals surface area contributed by atoms with E-state index in [1.54, 1.807) is 11.3 Å². The monoisotopic (exact) mass is 306 g/mol. The Morgan fingerprint density at radius 3 is 3.00 bits per heavy atom. The molecule has 1 aromatic carbocycles. The molecule has 21 heavy (non-hydrogen) atoms. The van der Waals surface area contributed by atoms with Gasteiger partial charge in [0.05, 0.1) is 29.5 Å². The van der Waals surface area contributed by atoms with Gasteiger partial charge in [0.1, 0.15) is 5.92 Å². The van der Waals surface area contributed by atoms with Crippen molar-refractivity contribution in [2.45, 2.75) is 19.4 Å². The van der Waals surface area contributed by atoms with Crippen LogP contribution in [0.1, 0.15) is 13.3 Å². The van der Waals surface area contributed by atoms with Crippen LogP contribution in [0.3, 0.4) is 0 Å². The highest BCUT2D eigenvalue weighted by Gasteiger charge is 2.38. The summed E-state index contributed by atoms with van der Waals surface area (Å²) in [6.45, 7) is 3.61. The Morgan fingerprint density at radius 1 is 1.48 bits per heavy atom. The second kappa shape index (κ2) is 5.99. The van der Waals surface area contributed by atoms with Crippen molar-refractivity contribution in [1.29, 1.82) is 0 Å². The first kappa shape index (κ1) is 14.3. The van der Waals surface area contributed by atoms with Crippen LogP contribution in [0.15, 0.2) is 24.3 Å². The normalized spacial score (nSPS) is 21.8. The fourth-order valence-electron chi connectivity index (χ4n) is 2.71. The Morgan fingerprint density at radius 2 is 2.29 bits per heavy atom. The van der Waals surface area contributed by atoms with Gasteiger partial charge in [-0.2, -0.15) is 0 Å². The fourth-order valence-corrected chi connectivity index (χ4v) is 3.76. The van der Waals surface area contributed by atoms with Crippen molar-refractivity contribution in [1.82, 2.24) is 4.98 Å². The lowest BCUT2D eigenvalue weighted by Gasteiger charge is -2.29. The number of carbonyl (C=O) groups is 1. The number of hydrogen-bond donors (Lipinski definition) is 1. The molecule has 0 amide bonds. The molecule has 2 unspecified atom stereocenters. The van der Waals surface area contributed by atoms with E-state index in [2.05, 4.69) is 16.8 Å². The third kappa shape index (κ3) is 2.73. The zero-order valence-corrected chi connectivity index (χ0v) is 12.7. The van der Waals surface area contributed by atoms with Crippen LogP contribution in [0.25, 0.3) is 10.2 Å². The van der Waals surface area contributed by atoms with Crippen molar-refractivity contribution in [2.24, 2.45) is 5.92 Å². The van der Waals surface area contributed by atoms with Crippen molar-refractivity contribution < 1.29 is 14.6 Å². The van der Waals surface area contributed by atoms with Gasteiger partial charge in [0, 0.05) is 6.54 Å². The molecule has 0 spiro atoms. The number of carboxylic acids is 1. The van der Waals surface area contributed by atoms with Crippen LogP contribution in [0.2, 0.25) is 0 Å². The minimum atomic E-state index is -0.792. The minimum absolute atomic E-state index is 0.136. The predicted molar refractivity (Wildman–Crippen MR) is 83.0 cm³/mol. The van der Waals surface area contributed by atoms with Crippen molar-refractivity contribution in [3.63, 3.8) is 0 Å². The molecule has 6 heteroatoms. The second-order valence-electron chi connectivity index (χ2n) is 5.21. The molecule has 1 aliphatic rings. The summed E-state index contributed by atoms with van der Waals surface area (Å²) >= 11 is 1.61. The Labute approximate surface area is 127 Å². The number of rotatable bonds is 5. The van der Waals surface area contributed by atoms with Crippen LogP contribution < -0.4 is 4.90 Å². The third-order valence-corrected chi connectivity index (χ3v) is 4.83. The van der Waals surface area contributed by atoms with Crippen LogP contribution in [0.5, 0.6) is 0 Å². The smallest absolute Gasteiger partial charge is 0.311 e. The number of aromatic nitrogens is 1. The summed E-state index contributed by atoms with van der Waals surface area (Å²) in [7, 11) is 0. The standard InChI is InChI=1S/C15H18N2O3S/c1-2-7-17(12-9-20-8-10(12)14(18)19)15-16-11-5-3-4-6-13(11)21-15/h3-6,10,12H,2,7-9H2,1H3,(H,18,19). The number of aliphatic carboxylic acids is 1. The number of carboxylic acid groups (broad SMARTS) is 1. The molecule has 0 radical (unpaired) electrons. The van der Waals surface area contributed by atoms with Crippen LogP contribution in [0, 0.1) is 5.92 Å². The van der Waals surface area contributed by atoms with E-state index in [4.69, 9.17) is 4.74 Å². The fraction of sp³-hybridized carbons (Fsp3) is 0.467. The molecule has 2 aromatic rings. The van der Waals surface area contributed by atoms with Gasteiger partial charge in [-0.3, -0.25) is 4.79 Å². The van der Waals surface area contributed by atoms with E-state index in [0.29, 0.717) is 6.61 Å². The molecule has 0 aliphatic carbocycles. The van der Waals surface area contributed by atoms with Gasteiger partial charge in [0.2, 0.25) is 0 Å². The van der Waals surface area contributed by atoms with Crippen molar-refractivity contribution in [2.75, 3.05) is 24.7 Å². The number of para-hydroxylation sites is 1. The maximum atomic E-state index is 11.4. The highest BCUT2D eigenvalue weighted by Crippen LogP contribution is 2.33. The first-order chi connectivity index (χ1) is 10.2. The van der Waals surface area contributed by atoms with Crippen LogP contribution in [0.4, 0.5) is 5.13 Å². The van der Waals surface area contributed by atoms with E-state index in [1.165, 1.54) is 0 Å². The molecule has 3 rings (SSSR count). The zero-order valence-electron chi connectivity index (χ0n) is 11.9. The lowest BCUT2D eigenvalue weighted by Crippen LogP contribution is -2.43. The Kier molecular flexibility index (Phi) is 4.07. The summed E-state index contributed by atoms with van der Waals surface area (Å²) in [5.41, 5.74) is 0.962. The van der Waals surface area contributed by atoms with E-state index in [0.717, 1.165) is 28.3 Å². The number of fused-ring (bicyclic) bond motifs is 1. The average Bonchev–Trinajstić information content (AvgIpc) is 3.11. The largest absolute Gasteiger partial charge is 0.481 e. The van der Waals surface area contributed by atoms with Gasteiger partial charge in [-0.25, -0.2) is 4.98 Å². The summed E-state index contributed by atoms with van der Waals surface area (Å²) in [6, 6.07) is 7.85. The Hall–Kier alpha value is -1.66. The van der Waals surface area contributed by atoms with Gasteiger partial charge in [0.15, 0.2) is 5.13 Å². The van der Waals surface area contributed by atoms with E-state index < -0.39 is 11.9 Å². The summed E-state index contributed by atoms with van der Waals surface area (Å²) in [6.07, 6.45) is 0.943. The molecule has 5 nitrogen and oxygen atoms in total. The number of anilines is 1. The van der Waals surface area contributed by atoms with Gasteiger partial charge < -0.3 is 14.7 Å². The first-order valence-corrected chi connectivity index (χ1v) is 7.95. The van der Waals surface area contributed by atoms with E-state index in [9.17, 15) is 9.90 Å². The molecular formula is C15H18N2O3S. The molecule has 1 aliphatic heterocycles. The zero-order chi connectivity index (χ0) is 14.8. The van der Waals surface area contributed by atoms with Crippen molar-refractivity contribution in [3.05, 3.63) is 24.3 Å². The molecule has 0 bridgehead atoms. The average molecular weight is 306 g/mol. The number of thiazole rings is 1. The molecule has 2 heterocycles. The highest BCUT2D eigenvalue weighted by molar-refractivity contribution is 7.22. The number of benzene rings is 1. The predicted octanol–water partition coefficient (Wildman–Crippen LogP) is 2.61. The number of ether oxygens (including phenoxy) is 1. The summed E-state index contributed by atoms with van der Waals surface area (Å²) < 4.78 is 6.53. The summed E-state index contributed by atoms with van der Waals surface area (Å²) in [4.78, 5) is 18.2. The maximum Gasteiger partial charge on any atom is 0.311 e. The molecule has 1 fully saturated rings. The van der Waals surface area contributed by atoms with Gasteiger partial charge >= 0.3 is 5.97 Å². The maximum absolute atomic E-state index is 11.4. The van der Waals surface area contributed by atoms with Crippen LogP contribution in [-0.2, 0) is 9.53 Å². The van der Waals surface area contributed by atoms with E-state index in [-0.39, 0.29) is 12.6 Å². The molecule has 2 atom stereocenters. The van der Waals surface area contributed by atoms with E-state index >= 15 is 0 Å². The van der Waals surface area contributed by atoms with Gasteiger partial charge in [0.25, 0.3) is 0 Å². The minimum Gasteiger partial charge on any atom is -0.481 e. The lowest BCUT2D eigenvalue weighted by atomic mass is 10.0. The molecular weight excluding hydrogens is 288 g/mol. The van der Waals surface area contributed by atoms with Crippen molar-refractivity contribution >= 4 is 32.7 Å². The lowest BCUT2D eigenvalue weighted by molar-refractivity contribution is -0.141. The van der Waals surface area contributed by atoms with Crippen molar-refractivity contribution in [3.8, 4) is 0 Å². The SMILES string of the molecule is CCCN(c1nc2ccccc2s1)C1COCC1C(=O)O. The van der Waals surface area contributed by atoms with E-state index in [1.807, 2.05) is 24.3 Å². The summed E-state index contributed by atoms with van der Waals surface area (Å²) in [5, 5.41) is 10.3. The Bertz CT molecular complexity index is 610. The van der Waals surface area contributed by atoms with Crippen LogP contribution in [-0.4, -0.2) is 41.9 Å². The second-order valence-corrected chi connectivity index (χ2v) is 6.22. The molecule has 1 saturated heterocycles. The van der Waals surface area contributed by atoms with Gasteiger partial charge in [-0.15, -0.1) is 0 Å². The van der Waals surface area contributed by atoms with Gasteiger partial charge in [-0.1, -0.05) is 30.4 Å². The summed E-state index contributed by atoms with van der Waals surface area (Å²) in [5.74, 6) is -1.27. The quantitative estimate of drug-likeness (QED) is 0.920. The molecule has 112 valence electrons. The molecule has 1 aromatic heterocycles. The van der Waals surface area contributed by atoms with Gasteiger partial charge in [-0.05, 0) is 18.6 Å². The first-order valence-electron chi connectivity index (χ1n) is 7.13. The third-order valence-electron chi connectivity index (χ3n) is 3.76. The highest BCUT2D eigenvalue weighted by atomic mass is 32.1. The number of hydrogen-bond acceptors (Lipinski definition) is 5. The topological polar surface area (TPSA) is 62.7 Å².